The van der Waals surface area contributed by atoms with Gasteiger partial charge >= 0.3 is 0 Å². The molecule has 2 amide bonds. The number of nitrogens with zero attached hydrogens (tertiary/aromatic N) is 2. The minimum Gasteiger partial charge on any atom is -0.451 e. The molecule has 4 rings (SSSR count). The highest BCUT2D eigenvalue weighted by Gasteiger charge is 2.24. The van der Waals surface area contributed by atoms with Crippen molar-refractivity contribution in [1.29, 1.82) is 0 Å². The number of amides is 2. The summed E-state index contributed by atoms with van der Waals surface area (Å²) < 4.78 is 5.71. The first-order valence-electron chi connectivity index (χ1n) is 10.9. The van der Waals surface area contributed by atoms with Crippen molar-refractivity contribution in [2.45, 2.75) is 13.8 Å². The predicted molar refractivity (Wildman–Crippen MR) is 137 cm³/mol. The Hall–Kier alpha value is -2.67. The quantitative estimate of drug-likeness (QED) is 0.419. The summed E-state index contributed by atoms with van der Waals surface area (Å²) in [6.07, 6.45) is 0. The molecule has 2 heterocycles. The smallest absolute Gasteiger partial charge is 0.291 e. The van der Waals surface area contributed by atoms with Gasteiger partial charge in [0.05, 0.1) is 20.8 Å². The highest BCUT2D eigenvalue weighted by molar-refractivity contribution is 6.43. The van der Waals surface area contributed by atoms with Crippen molar-refractivity contribution >= 4 is 58.0 Å². The fourth-order valence-electron chi connectivity index (χ4n) is 3.87. The molecule has 1 fully saturated rings. The maximum Gasteiger partial charge on any atom is 0.291 e. The molecular weight excluding hydrogens is 497 g/mol. The number of carbonyl (C=O) groups is 2. The SMILES string of the molecule is CC(C)C(=O)N1CCN(c2ccc(NC(=O)c3ccc(-c4cccc(Cl)c4Cl)o3)cc2Cl)CC1. The third-order valence-corrected chi connectivity index (χ3v) is 6.80. The van der Waals surface area contributed by atoms with E-state index in [0.717, 1.165) is 5.69 Å². The molecule has 0 radical (unpaired) electrons. The highest BCUT2D eigenvalue weighted by Crippen LogP contribution is 2.35. The van der Waals surface area contributed by atoms with E-state index in [9.17, 15) is 9.59 Å². The number of piperazine rings is 1. The van der Waals surface area contributed by atoms with Gasteiger partial charge in [0.15, 0.2) is 5.76 Å². The minimum atomic E-state index is -0.408. The van der Waals surface area contributed by atoms with Crippen molar-refractivity contribution in [1.82, 2.24) is 4.90 Å². The van der Waals surface area contributed by atoms with E-state index in [2.05, 4.69) is 10.2 Å². The number of furan rings is 1. The van der Waals surface area contributed by atoms with Crippen LogP contribution in [-0.4, -0.2) is 42.9 Å². The van der Waals surface area contributed by atoms with Gasteiger partial charge in [0.1, 0.15) is 5.76 Å². The minimum absolute atomic E-state index is 0.00856. The molecule has 178 valence electrons. The lowest BCUT2D eigenvalue weighted by Gasteiger charge is -2.37. The second-order valence-corrected chi connectivity index (χ2v) is 9.54. The van der Waals surface area contributed by atoms with E-state index < -0.39 is 5.91 Å². The summed E-state index contributed by atoms with van der Waals surface area (Å²) in [5.41, 5.74) is 2.02. The Bertz CT molecular complexity index is 1220. The standard InChI is InChI=1S/C25H24Cl3N3O3/c1-15(2)25(33)31-12-10-30(11-13-31)20-7-6-16(14-19(20)27)29-24(32)22-9-8-21(34-22)17-4-3-5-18(26)23(17)28/h3-9,14-15H,10-13H2,1-2H3,(H,29,32). The molecule has 0 aliphatic carbocycles. The van der Waals surface area contributed by atoms with Crippen molar-refractivity contribution in [3.8, 4) is 11.3 Å². The van der Waals surface area contributed by atoms with E-state index in [1.807, 2.05) is 24.8 Å². The van der Waals surface area contributed by atoms with Crippen LogP contribution in [0.4, 0.5) is 11.4 Å². The normalized spacial score (nSPS) is 13.9. The van der Waals surface area contributed by atoms with Crippen molar-refractivity contribution in [3.05, 3.63) is 69.4 Å². The van der Waals surface area contributed by atoms with Crippen LogP contribution < -0.4 is 10.2 Å². The average Bonchev–Trinajstić information content (AvgIpc) is 3.31. The summed E-state index contributed by atoms with van der Waals surface area (Å²) >= 11 is 18.9. The van der Waals surface area contributed by atoms with E-state index in [1.54, 1.807) is 42.5 Å². The van der Waals surface area contributed by atoms with Crippen molar-refractivity contribution in [2.24, 2.45) is 5.92 Å². The molecule has 3 aromatic rings. The molecule has 9 heteroatoms. The average molecular weight is 521 g/mol. The van der Waals surface area contributed by atoms with E-state index in [4.69, 9.17) is 39.2 Å². The summed E-state index contributed by atoms with van der Waals surface area (Å²) in [4.78, 5) is 28.9. The molecule has 6 nitrogen and oxygen atoms in total. The van der Waals surface area contributed by atoms with Crippen LogP contribution in [0.15, 0.2) is 52.9 Å². The van der Waals surface area contributed by atoms with Crippen LogP contribution in [0.2, 0.25) is 15.1 Å². The predicted octanol–water partition coefficient (Wildman–Crippen LogP) is 6.46. The second kappa shape index (κ2) is 10.3. The lowest BCUT2D eigenvalue weighted by Crippen LogP contribution is -2.50. The van der Waals surface area contributed by atoms with Crippen LogP contribution in [0.1, 0.15) is 24.4 Å². The van der Waals surface area contributed by atoms with Gasteiger partial charge < -0.3 is 19.5 Å². The number of hydrogen-bond donors (Lipinski definition) is 1. The Morgan fingerprint density at radius 2 is 1.68 bits per heavy atom. The van der Waals surface area contributed by atoms with Crippen LogP contribution in [0, 0.1) is 5.92 Å². The van der Waals surface area contributed by atoms with E-state index in [0.29, 0.717) is 58.3 Å². The number of benzene rings is 2. The Labute approximate surface area is 213 Å². The monoisotopic (exact) mass is 519 g/mol. The van der Waals surface area contributed by atoms with Gasteiger partial charge in [-0.05, 0) is 42.5 Å². The molecule has 1 aliphatic rings. The summed E-state index contributed by atoms with van der Waals surface area (Å²) in [6, 6.07) is 13.8. The fourth-order valence-corrected chi connectivity index (χ4v) is 4.56. The third-order valence-electron chi connectivity index (χ3n) is 5.68. The summed E-state index contributed by atoms with van der Waals surface area (Å²) in [6.45, 7) is 6.53. The van der Waals surface area contributed by atoms with Gasteiger partial charge in [-0.2, -0.15) is 0 Å². The van der Waals surface area contributed by atoms with E-state index >= 15 is 0 Å². The van der Waals surface area contributed by atoms with Crippen LogP contribution in [0.3, 0.4) is 0 Å². The Morgan fingerprint density at radius 3 is 2.35 bits per heavy atom. The van der Waals surface area contributed by atoms with Crippen molar-refractivity contribution < 1.29 is 14.0 Å². The van der Waals surface area contributed by atoms with Gasteiger partial charge in [0.25, 0.3) is 5.91 Å². The van der Waals surface area contributed by atoms with Gasteiger partial charge in [-0.1, -0.05) is 54.7 Å². The summed E-state index contributed by atoms with van der Waals surface area (Å²) in [5, 5.41) is 4.10. The number of rotatable bonds is 5. The molecule has 0 unspecified atom stereocenters. The largest absolute Gasteiger partial charge is 0.451 e. The maximum absolute atomic E-state index is 12.7. The number of halogens is 3. The molecule has 1 aliphatic heterocycles. The van der Waals surface area contributed by atoms with Crippen LogP contribution in [-0.2, 0) is 4.79 Å². The van der Waals surface area contributed by atoms with Crippen LogP contribution >= 0.6 is 34.8 Å². The molecule has 0 bridgehead atoms. The molecule has 0 atom stereocenters. The lowest BCUT2D eigenvalue weighted by molar-refractivity contribution is -0.134. The Kier molecular flexibility index (Phi) is 7.41. The van der Waals surface area contributed by atoms with Crippen LogP contribution in [0.5, 0.6) is 0 Å². The molecule has 0 spiro atoms. The summed E-state index contributed by atoms with van der Waals surface area (Å²) in [7, 11) is 0. The first kappa shape index (κ1) is 24.5. The van der Waals surface area contributed by atoms with Crippen LogP contribution in [0.25, 0.3) is 11.3 Å². The second-order valence-electron chi connectivity index (χ2n) is 8.35. The third kappa shape index (κ3) is 5.19. The Morgan fingerprint density at radius 1 is 0.941 bits per heavy atom. The van der Waals surface area contributed by atoms with Crippen molar-refractivity contribution in [3.63, 3.8) is 0 Å². The molecule has 2 aromatic carbocycles. The Balaban J connectivity index is 1.41. The topological polar surface area (TPSA) is 65.8 Å². The van der Waals surface area contributed by atoms with Crippen molar-refractivity contribution in [2.75, 3.05) is 36.4 Å². The number of nitrogens with one attached hydrogen (secondary N) is 1. The summed E-state index contributed by atoms with van der Waals surface area (Å²) in [5.74, 6) is 0.334. The van der Waals surface area contributed by atoms with Gasteiger partial charge in [-0.15, -0.1) is 0 Å². The number of anilines is 2. The molecular formula is C25H24Cl3N3O3. The maximum atomic E-state index is 12.7. The molecule has 34 heavy (non-hydrogen) atoms. The number of carbonyl (C=O) groups excluding carboxylic acids is 2. The number of hydrogen-bond acceptors (Lipinski definition) is 4. The lowest BCUT2D eigenvalue weighted by atomic mass is 10.1. The van der Waals surface area contributed by atoms with Gasteiger partial charge in [-0.3, -0.25) is 9.59 Å². The zero-order valence-corrected chi connectivity index (χ0v) is 21.0. The first-order valence-corrected chi connectivity index (χ1v) is 12.1. The zero-order chi connectivity index (χ0) is 24.4. The molecule has 1 saturated heterocycles. The zero-order valence-electron chi connectivity index (χ0n) is 18.8. The van der Waals surface area contributed by atoms with E-state index in [-0.39, 0.29) is 17.6 Å². The fraction of sp³-hybridized carbons (Fsp3) is 0.280. The molecule has 1 aromatic heterocycles. The van der Waals surface area contributed by atoms with Gasteiger partial charge in [0, 0.05) is 43.3 Å². The van der Waals surface area contributed by atoms with E-state index in [1.165, 1.54) is 0 Å². The molecule has 0 saturated carbocycles. The molecule has 1 N–H and O–H groups in total. The highest BCUT2D eigenvalue weighted by atomic mass is 35.5. The van der Waals surface area contributed by atoms with Gasteiger partial charge in [-0.25, -0.2) is 0 Å². The van der Waals surface area contributed by atoms with Gasteiger partial charge in [0.2, 0.25) is 5.91 Å². The first-order chi connectivity index (χ1) is 16.2.